The number of thiazole rings is 1. The molecule has 1 heterocycles. The smallest absolute Gasteiger partial charge is 0.315 e. The number of carboxylic acid groups (broad SMARTS) is 1. The topological polar surface area (TPSA) is 59.4 Å². The highest BCUT2D eigenvalue weighted by atomic mass is 32.1. The summed E-state index contributed by atoms with van der Waals surface area (Å²) in [4.78, 5) is 16.0. The van der Waals surface area contributed by atoms with Crippen LogP contribution in [0, 0.1) is 0 Å². The molecular weight excluding hydrogens is 274 g/mol. The number of rotatable bonds is 5. The summed E-state index contributed by atoms with van der Waals surface area (Å²) in [6.45, 7) is 6.06. The third kappa shape index (κ3) is 2.74. The van der Waals surface area contributed by atoms with Crippen LogP contribution >= 0.6 is 11.3 Å². The molecule has 0 aliphatic heterocycles. The van der Waals surface area contributed by atoms with Crippen molar-refractivity contribution in [1.29, 1.82) is 0 Å². The molecule has 0 unspecified atom stereocenters. The number of hydrogen-bond donors (Lipinski definition) is 1. The van der Waals surface area contributed by atoms with Gasteiger partial charge in [-0.1, -0.05) is 19.3 Å². The standard InChI is InChI=1S/C15H23NO3S/c1-4-19-15(8-6-5-7-9-15)12-16-11(10-20-12)14(2,3)13(17)18/h10H,4-9H2,1-3H3,(H,17,18). The molecule has 1 aromatic rings. The van der Waals surface area contributed by atoms with Crippen LogP contribution in [0.25, 0.3) is 0 Å². The highest BCUT2D eigenvalue weighted by molar-refractivity contribution is 7.09. The second-order valence-corrected chi connectivity index (χ2v) is 6.81. The third-order valence-corrected chi connectivity index (χ3v) is 5.18. The summed E-state index contributed by atoms with van der Waals surface area (Å²) >= 11 is 1.54. The fraction of sp³-hybridized carbons (Fsp3) is 0.733. The molecule has 1 aliphatic carbocycles. The predicted octanol–water partition coefficient (Wildman–Crippen LogP) is 3.70. The summed E-state index contributed by atoms with van der Waals surface area (Å²) in [7, 11) is 0. The number of carboxylic acids is 1. The van der Waals surface area contributed by atoms with Crippen LogP contribution in [0.3, 0.4) is 0 Å². The zero-order valence-corrected chi connectivity index (χ0v) is 13.3. The Bertz CT molecular complexity index is 470. The van der Waals surface area contributed by atoms with Crippen molar-refractivity contribution < 1.29 is 14.6 Å². The van der Waals surface area contributed by atoms with E-state index < -0.39 is 11.4 Å². The number of nitrogens with zero attached hydrogens (tertiary/aromatic N) is 1. The van der Waals surface area contributed by atoms with Gasteiger partial charge in [-0.25, -0.2) is 4.98 Å². The van der Waals surface area contributed by atoms with E-state index in [-0.39, 0.29) is 5.60 Å². The molecular formula is C15H23NO3S. The Morgan fingerprint density at radius 2 is 2.10 bits per heavy atom. The molecule has 0 bridgehead atoms. The van der Waals surface area contributed by atoms with Gasteiger partial charge in [0.25, 0.3) is 0 Å². The summed E-state index contributed by atoms with van der Waals surface area (Å²) in [5, 5.41) is 12.1. The second-order valence-electron chi connectivity index (χ2n) is 5.96. The number of carbonyl (C=O) groups is 1. The van der Waals surface area contributed by atoms with Gasteiger partial charge >= 0.3 is 5.97 Å². The average Bonchev–Trinajstić information content (AvgIpc) is 2.90. The molecule has 0 radical (unpaired) electrons. The van der Waals surface area contributed by atoms with E-state index >= 15 is 0 Å². The van der Waals surface area contributed by atoms with Gasteiger partial charge in [-0.2, -0.15) is 0 Å². The molecule has 0 atom stereocenters. The summed E-state index contributed by atoms with van der Waals surface area (Å²) < 4.78 is 6.04. The SMILES string of the molecule is CCOC1(c2nc(C(C)(C)C(=O)O)cs2)CCCCC1. The van der Waals surface area contributed by atoms with Crippen molar-refractivity contribution in [1.82, 2.24) is 4.98 Å². The van der Waals surface area contributed by atoms with Crippen LogP contribution in [0.2, 0.25) is 0 Å². The van der Waals surface area contributed by atoms with Crippen molar-refractivity contribution in [2.45, 2.75) is 63.9 Å². The second kappa shape index (κ2) is 5.82. The van der Waals surface area contributed by atoms with E-state index in [0.717, 1.165) is 30.7 Å². The van der Waals surface area contributed by atoms with Crippen LogP contribution < -0.4 is 0 Å². The summed E-state index contributed by atoms with van der Waals surface area (Å²) in [5.41, 5.74) is -0.601. The first-order valence-corrected chi connectivity index (χ1v) is 8.14. The molecule has 2 rings (SSSR count). The van der Waals surface area contributed by atoms with Crippen LogP contribution in [0.5, 0.6) is 0 Å². The molecule has 0 aromatic carbocycles. The van der Waals surface area contributed by atoms with Crippen molar-refractivity contribution >= 4 is 17.3 Å². The highest BCUT2D eigenvalue weighted by Gasteiger charge is 2.40. The highest BCUT2D eigenvalue weighted by Crippen LogP contribution is 2.42. The van der Waals surface area contributed by atoms with Crippen molar-refractivity contribution in [3.63, 3.8) is 0 Å². The molecule has 0 spiro atoms. The lowest BCUT2D eigenvalue weighted by atomic mass is 9.84. The van der Waals surface area contributed by atoms with Gasteiger partial charge in [0.1, 0.15) is 16.0 Å². The molecule has 1 aromatic heterocycles. The number of ether oxygens (including phenoxy) is 1. The normalized spacial score (nSPS) is 18.9. The van der Waals surface area contributed by atoms with Crippen LogP contribution in [-0.2, 0) is 20.5 Å². The summed E-state index contributed by atoms with van der Waals surface area (Å²) in [5.74, 6) is -0.844. The lowest BCUT2D eigenvalue weighted by Crippen LogP contribution is -2.33. The summed E-state index contributed by atoms with van der Waals surface area (Å²) in [6.07, 6.45) is 5.52. The molecule has 1 fully saturated rings. The van der Waals surface area contributed by atoms with E-state index in [1.807, 2.05) is 12.3 Å². The molecule has 0 saturated heterocycles. The summed E-state index contributed by atoms with van der Waals surface area (Å²) in [6, 6.07) is 0. The van der Waals surface area contributed by atoms with E-state index in [4.69, 9.17) is 4.74 Å². The lowest BCUT2D eigenvalue weighted by molar-refractivity contribution is -0.142. The van der Waals surface area contributed by atoms with Crippen LogP contribution in [0.15, 0.2) is 5.38 Å². The molecule has 1 N–H and O–H groups in total. The van der Waals surface area contributed by atoms with Crippen LogP contribution in [-0.4, -0.2) is 22.7 Å². The maximum Gasteiger partial charge on any atom is 0.315 e. The Hall–Kier alpha value is -0.940. The minimum absolute atomic E-state index is 0.287. The Kier molecular flexibility index (Phi) is 4.49. The molecule has 112 valence electrons. The maximum absolute atomic E-state index is 11.3. The van der Waals surface area contributed by atoms with Gasteiger partial charge in [0, 0.05) is 12.0 Å². The van der Waals surface area contributed by atoms with E-state index in [1.165, 1.54) is 17.8 Å². The van der Waals surface area contributed by atoms with E-state index in [2.05, 4.69) is 4.98 Å². The zero-order valence-electron chi connectivity index (χ0n) is 12.4. The first-order valence-electron chi connectivity index (χ1n) is 7.26. The van der Waals surface area contributed by atoms with Gasteiger partial charge < -0.3 is 9.84 Å². The molecule has 1 aliphatic rings. The Balaban J connectivity index is 2.32. The van der Waals surface area contributed by atoms with Crippen LogP contribution in [0.4, 0.5) is 0 Å². The number of aromatic nitrogens is 1. The molecule has 5 heteroatoms. The van der Waals surface area contributed by atoms with Gasteiger partial charge in [-0.3, -0.25) is 4.79 Å². The van der Waals surface area contributed by atoms with E-state index in [1.54, 1.807) is 13.8 Å². The van der Waals surface area contributed by atoms with Gasteiger partial charge in [0.05, 0.1) is 5.69 Å². The predicted molar refractivity (Wildman–Crippen MR) is 79.2 cm³/mol. The minimum atomic E-state index is -0.948. The Labute approximate surface area is 124 Å². The molecule has 20 heavy (non-hydrogen) atoms. The van der Waals surface area contributed by atoms with Crippen molar-refractivity contribution in [3.05, 3.63) is 16.1 Å². The maximum atomic E-state index is 11.3. The first kappa shape index (κ1) is 15.4. The molecule has 4 nitrogen and oxygen atoms in total. The number of aliphatic carboxylic acids is 1. The third-order valence-electron chi connectivity index (χ3n) is 4.15. The monoisotopic (exact) mass is 297 g/mol. The van der Waals surface area contributed by atoms with Gasteiger partial charge in [-0.15, -0.1) is 11.3 Å². The van der Waals surface area contributed by atoms with Gasteiger partial charge in [-0.05, 0) is 33.6 Å². The Morgan fingerprint density at radius 1 is 1.45 bits per heavy atom. The van der Waals surface area contributed by atoms with E-state index in [0.29, 0.717) is 12.3 Å². The fourth-order valence-electron chi connectivity index (χ4n) is 2.70. The largest absolute Gasteiger partial charge is 0.481 e. The molecule has 1 saturated carbocycles. The van der Waals surface area contributed by atoms with Crippen molar-refractivity contribution in [2.24, 2.45) is 0 Å². The van der Waals surface area contributed by atoms with E-state index in [9.17, 15) is 9.90 Å². The van der Waals surface area contributed by atoms with Crippen LogP contribution in [0.1, 0.15) is 63.6 Å². The van der Waals surface area contributed by atoms with Crippen molar-refractivity contribution in [2.75, 3.05) is 6.61 Å². The zero-order chi connectivity index (χ0) is 14.8. The number of hydrogen-bond acceptors (Lipinski definition) is 4. The minimum Gasteiger partial charge on any atom is -0.481 e. The lowest BCUT2D eigenvalue weighted by Gasteiger charge is -2.35. The van der Waals surface area contributed by atoms with Gasteiger partial charge in [0.15, 0.2) is 0 Å². The Morgan fingerprint density at radius 3 is 2.65 bits per heavy atom. The quantitative estimate of drug-likeness (QED) is 0.900. The average molecular weight is 297 g/mol. The molecule has 0 amide bonds. The van der Waals surface area contributed by atoms with Crippen molar-refractivity contribution in [3.8, 4) is 0 Å². The fourth-order valence-corrected chi connectivity index (χ4v) is 3.90. The first-order chi connectivity index (χ1) is 9.42. The van der Waals surface area contributed by atoms with Gasteiger partial charge in [0.2, 0.25) is 0 Å².